The third-order valence-corrected chi connectivity index (χ3v) is 4.10. The van der Waals surface area contributed by atoms with E-state index in [9.17, 15) is 4.79 Å². The first kappa shape index (κ1) is 13.3. The van der Waals surface area contributed by atoms with Crippen molar-refractivity contribution in [2.75, 3.05) is 32.2 Å². The molecule has 106 valence electrons. The van der Waals surface area contributed by atoms with Gasteiger partial charge in [0.15, 0.2) is 6.29 Å². The Morgan fingerprint density at radius 3 is 2.80 bits per heavy atom. The molecule has 1 aromatic rings. The fourth-order valence-electron chi connectivity index (χ4n) is 3.06. The molecule has 0 bridgehead atoms. The number of hydrogen-bond donors (Lipinski definition) is 1. The predicted molar refractivity (Wildman–Crippen MR) is 75.8 cm³/mol. The van der Waals surface area contributed by atoms with Gasteiger partial charge in [0.2, 0.25) is 5.79 Å². The standard InChI is InChI=1S/C15H18N2O3/c1-19-15(20-2)10-17(13-7-8-16-14(13)15)12-6-4-3-5-11(12)9-18/h3-7,9,14,16H,8,10H2,1-2H3. The largest absolute Gasteiger partial charge is 0.350 e. The van der Waals surface area contributed by atoms with Gasteiger partial charge in [-0.2, -0.15) is 0 Å². The molecule has 1 saturated heterocycles. The second kappa shape index (κ2) is 5.01. The Bertz CT molecular complexity index is 552. The van der Waals surface area contributed by atoms with Crippen molar-refractivity contribution in [3.8, 4) is 0 Å². The van der Waals surface area contributed by atoms with Gasteiger partial charge in [0, 0.05) is 32.0 Å². The summed E-state index contributed by atoms with van der Waals surface area (Å²) in [4.78, 5) is 13.4. The molecule has 0 saturated carbocycles. The molecule has 5 nitrogen and oxygen atoms in total. The lowest BCUT2D eigenvalue weighted by molar-refractivity contribution is -0.200. The summed E-state index contributed by atoms with van der Waals surface area (Å²) in [6, 6.07) is 7.54. The van der Waals surface area contributed by atoms with Crippen LogP contribution in [0, 0.1) is 0 Å². The number of para-hydroxylation sites is 1. The van der Waals surface area contributed by atoms with Crippen LogP contribution in [-0.2, 0) is 9.47 Å². The molecule has 2 heterocycles. The number of methoxy groups -OCH3 is 2. The summed E-state index contributed by atoms with van der Waals surface area (Å²) in [5.74, 6) is -0.724. The fourth-order valence-corrected chi connectivity index (χ4v) is 3.06. The second-order valence-corrected chi connectivity index (χ2v) is 4.95. The quantitative estimate of drug-likeness (QED) is 0.659. The molecule has 1 unspecified atom stereocenters. The molecular formula is C15H18N2O3. The number of aldehydes is 1. The van der Waals surface area contributed by atoms with Crippen LogP contribution >= 0.6 is 0 Å². The number of rotatable bonds is 4. The maximum absolute atomic E-state index is 11.3. The Hall–Kier alpha value is -1.69. The van der Waals surface area contributed by atoms with E-state index >= 15 is 0 Å². The average molecular weight is 274 g/mol. The molecule has 0 aliphatic carbocycles. The summed E-state index contributed by atoms with van der Waals surface area (Å²) >= 11 is 0. The Morgan fingerprint density at radius 2 is 2.10 bits per heavy atom. The average Bonchev–Trinajstić information content (AvgIpc) is 3.09. The minimum Gasteiger partial charge on any atom is -0.350 e. The first-order chi connectivity index (χ1) is 9.75. The monoisotopic (exact) mass is 274 g/mol. The molecule has 1 atom stereocenters. The molecule has 0 amide bonds. The van der Waals surface area contributed by atoms with Crippen LogP contribution in [0.5, 0.6) is 0 Å². The summed E-state index contributed by atoms with van der Waals surface area (Å²) in [5, 5.41) is 3.38. The minimum absolute atomic E-state index is 0.0165. The van der Waals surface area contributed by atoms with Crippen LogP contribution in [-0.4, -0.2) is 45.4 Å². The highest BCUT2D eigenvalue weighted by Crippen LogP contribution is 2.39. The Labute approximate surface area is 118 Å². The Kier molecular flexibility index (Phi) is 3.33. The molecular weight excluding hydrogens is 256 g/mol. The van der Waals surface area contributed by atoms with Crippen LogP contribution in [0.1, 0.15) is 10.4 Å². The predicted octanol–water partition coefficient (Wildman–Crippen LogP) is 1.16. The zero-order valence-corrected chi connectivity index (χ0v) is 11.6. The van der Waals surface area contributed by atoms with Crippen LogP contribution in [0.3, 0.4) is 0 Å². The van der Waals surface area contributed by atoms with Crippen molar-refractivity contribution < 1.29 is 14.3 Å². The topological polar surface area (TPSA) is 50.8 Å². The third-order valence-electron chi connectivity index (χ3n) is 4.10. The normalized spacial score (nSPS) is 23.6. The maximum Gasteiger partial charge on any atom is 0.207 e. The van der Waals surface area contributed by atoms with Crippen molar-refractivity contribution in [3.63, 3.8) is 0 Å². The van der Waals surface area contributed by atoms with Gasteiger partial charge in [-0.3, -0.25) is 4.79 Å². The zero-order valence-electron chi connectivity index (χ0n) is 11.6. The lowest BCUT2D eigenvalue weighted by Gasteiger charge is -2.30. The Morgan fingerprint density at radius 1 is 1.35 bits per heavy atom. The van der Waals surface area contributed by atoms with Gasteiger partial charge in [0.25, 0.3) is 0 Å². The lowest BCUT2D eigenvalue weighted by Crippen LogP contribution is -2.50. The van der Waals surface area contributed by atoms with Gasteiger partial charge in [-0.1, -0.05) is 12.1 Å². The van der Waals surface area contributed by atoms with E-state index in [1.165, 1.54) is 0 Å². The van der Waals surface area contributed by atoms with E-state index in [1.54, 1.807) is 14.2 Å². The molecule has 1 fully saturated rings. The zero-order chi connectivity index (χ0) is 14.2. The van der Waals surface area contributed by atoms with E-state index in [-0.39, 0.29) is 6.04 Å². The van der Waals surface area contributed by atoms with E-state index in [0.29, 0.717) is 12.1 Å². The van der Waals surface area contributed by atoms with Gasteiger partial charge in [-0.25, -0.2) is 0 Å². The molecule has 2 aliphatic rings. The van der Waals surface area contributed by atoms with Gasteiger partial charge in [0.05, 0.1) is 12.2 Å². The van der Waals surface area contributed by atoms with E-state index in [1.807, 2.05) is 24.3 Å². The number of hydrogen-bond acceptors (Lipinski definition) is 5. The third kappa shape index (κ3) is 1.78. The highest BCUT2D eigenvalue weighted by Gasteiger charge is 2.52. The summed E-state index contributed by atoms with van der Waals surface area (Å²) < 4.78 is 11.3. The number of nitrogens with zero attached hydrogens (tertiary/aromatic N) is 1. The SMILES string of the molecule is COC1(OC)CN(c2ccccc2C=O)C2=CCNC21. The summed E-state index contributed by atoms with van der Waals surface area (Å²) in [5.41, 5.74) is 2.66. The number of fused-ring (bicyclic) bond motifs is 1. The molecule has 5 heteroatoms. The van der Waals surface area contributed by atoms with Gasteiger partial charge in [0.1, 0.15) is 6.04 Å². The number of benzene rings is 1. The van der Waals surface area contributed by atoms with Crippen LogP contribution in [0.25, 0.3) is 0 Å². The van der Waals surface area contributed by atoms with Crippen molar-refractivity contribution in [1.82, 2.24) is 5.32 Å². The first-order valence-corrected chi connectivity index (χ1v) is 6.61. The van der Waals surface area contributed by atoms with E-state index in [4.69, 9.17) is 9.47 Å². The van der Waals surface area contributed by atoms with Crippen molar-refractivity contribution in [2.24, 2.45) is 0 Å². The smallest absolute Gasteiger partial charge is 0.207 e. The highest BCUT2D eigenvalue weighted by atomic mass is 16.7. The molecule has 0 spiro atoms. The molecule has 0 aromatic heterocycles. The van der Waals surface area contributed by atoms with Crippen LogP contribution in [0.2, 0.25) is 0 Å². The highest BCUT2D eigenvalue weighted by molar-refractivity contribution is 5.85. The van der Waals surface area contributed by atoms with Crippen molar-refractivity contribution in [1.29, 1.82) is 0 Å². The molecule has 20 heavy (non-hydrogen) atoms. The van der Waals surface area contributed by atoms with Crippen molar-refractivity contribution in [3.05, 3.63) is 41.6 Å². The molecule has 3 rings (SSSR count). The molecule has 1 aromatic carbocycles. The Balaban J connectivity index is 2.05. The lowest BCUT2D eigenvalue weighted by atomic mass is 10.1. The van der Waals surface area contributed by atoms with Gasteiger partial charge < -0.3 is 19.7 Å². The molecule has 2 aliphatic heterocycles. The van der Waals surface area contributed by atoms with Crippen molar-refractivity contribution in [2.45, 2.75) is 11.8 Å². The second-order valence-electron chi connectivity index (χ2n) is 4.95. The van der Waals surface area contributed by atoms with Gasteiger partial charge >= 0.3 is 0 Å². The summed E-state index contributed by atoms with van der Waals surface area (Å²) in [6.45, 7) is 1.32. The minimum atomic E-state index is -0.724. The summed E-state index contributed by atoms with van der Waals surface area (Å²) in [6.07, 6.45) is 3.00. The van der Waals surface area contributed by atoms with Crippen LogP contribution in [0.15, 0.2) is 36.0 Å². The molecule has 1 N–H and O–H groups in total. The van der Waals surface area contributed by atoms with Crippen molar-refractivity contribution >= 4 is 12.0 Å². The number of carbonyl (C=O) groups is 1. The number of ether oxygens (including phenoxy) is 2. The van der Waals surface area contributed by atoms with E-state index < -0.39 is 5.79 Å². The van der Waals surface area contributed by atoms with Gasteiger partial charge in [-0.15, -0.1) is 0 Å². The first-order valence-electron chi connectivity index (χ1n) is 6.61. The summed E-state index contributed by atoms with van der Waals surface area (Å²) in [7, 11) is 3.30. The fraction of sp³-hybridized carbons (Fsp3) is 0.400. The maximum atomic E-state index is 11.3. The van der Waals surface area contributed by atoms with Crippen LogP contribution in [0.4, 0.5) is 5.69 Å². The van der Waals surface area contributed by atoms with Gasteiger partial charge in [-0.05, 0) is 18.2 Å². The van der Waals surface area contributed by atoms with E-state index in [0.717, 1.165) is 24.2 Å². The number of carbonyl (C=O) groups excluding carboxylic acids is 1. The molecule has 0 radical (unpaired) electrons. The number of anilines is 1. The number of nitrogens with one attached hydrogen (secondary N) is 1. The van der Waals surface area contributed by atoms with Crippen LogP contribution < -0.4 is 10.2 Å². The van der Waals surface area contributed by atoms with E-state index in [2.05, 4.69) is 16.3 Å².